The Hall–Kier alpha value is -1.50. The Morgan fingerprint density at radius 2 is 1.78 bits per heavy atom. The first-order valence-electron chi connectivity index (χ1n) is 7.62. The van der Waals surface area contributed by atoms with Crippen molar-refractivity contribution in [1.29, 1.82) is 0 Å². The van der Waals surface area contributed by atoms with Crippen LogP contribution in [0.25, 0.3) is 0 Å². The van der Waals surface area contributed by atoms with E-state index < -0.39 is 5.16 Å². The molecule has 0 aliphatic rings. The van der Waals surface area contributed by atoms with Crippen LogP contribution in [0.3, 0.4) is 0 Å². The third-order valence-electron chi connectivity index (χ3n) is 3.94. The van der Waals surface area contributed by atoms with Crippen molar-refractivity contribution in [2.24, 2.45) is 5.92 Å². The molecule has 0 aliphatic heterocycles. The van der Waals surface area contributed by atoms with Gasteiger partial charge in [0.2, 0.25) is 0 Å². The molecule has 1 unspecified atom stereocenters. The van der Waals surface area contributed by atoms with Crippen molar-refractivity contribution >= 4 is 25.8 Å². The van der Waals surface area contributed by atoms with Crippen molar-refractivity contribution < 1.29 is 9.36 Å². The average Bonchev–Trinajstić information content (AvgIpc) is 2.53. The van der Waals surface area contributed by atoms with Crippen LogP contribution in [0.4, 0.5) is 0 Å². The van der Waals surface area contributed by atoms with Crippen LogP contribution in [0.15, 0.2) is 48.5 Å². The number of hydrogen-bond donors (Lipinski definition) is 0. The first kappa shape index (κ1) is 17.8. The van der Waals surface area contributed by atoms with E-state index in [9.17, 15) is 9.36 Å². The maximum atomic E-state index is 13.4. The van der Waals surface area contributed by atoms with Crippen molar-refractivity contribution in [3.05, 3.63) is 70.2 Å². The predicted molar refractivity (Wildman–Crippen MR) is 95.7 cm³/mol. The summed E-state index contributed by atoms with van der Waals surface area (Å²) in [6.45, 7) is 5.90. The molecule has 23 heavy (non-hydrogen) atoms. The molecule has 0 amide bonds. The number of aryl methyl sites for hydroxylation is 1. The summed E-state index contributed by atoms with van der Waals surface area (Å²) in [6.07, 6.45) is 0.492. The van der Waals surface area contributed by atoms with E-state index in [1.165, 1.54) is 0 Å². The van der Waals surface area contributed by atoms with Crippen LogP contribution in [0.2, 0.25) is 5.02 Å². The van der Waals surface area contributed by atoms with Crippen LogP contribution in [0.5, 0.6) is 0 Å². The summed E-state index contributed by atoms with van der Waals surface area (Å²) in [4.78, 5) is 13.4. The van der Waals surface area contributed by atoms with Crippen LogP contribution in [-0.4, -0.2) is 5.78 Å². The van der Waals surface area contributed by atoms with E-state index >= 15 is 0 Å². The molecule has 2 aromatic carbocycles. The Labute approximate surface area is 144 Å². The van der Waals surface area contributed by atoms with E-state index in [2.05, 4.69) is 0 Å². The molecule has 120 valence electrons. The number of ketones is 1. The van der Waals surface area contributed by atoms with Gasteiger partial charge in [0.15, 0.2) is 14.2 Å². The van der Waals surface area contributed by atoms with Gasteiger partial charge in [-0.25, -0.2) is 0 Å². The maximum absolute atomic E-state index is 13.4. The van der Waals surface area contributed by atoms with Gasteiger partial charge >= 0.3 is 0 Å². The molecule has 0 radical (unpaired) electrons. The number of carbonyl (C=O) groups excluding carboxylic acids is 1. The van der Waals surface area contributed by atoms with Crippen LogP contribution in [0.1, 0.15) is 41.8 Å². The van der Waals surface area contributed by atoms with Gasteiger partial charge in [0.1, 0.15) is 5.16 Å². The molecule has 4 heteroatoms. The van der Waals surface area contributed by atoms with Gasteiger partial charge in [-0.05, 0) is 36.5 Å². The molecular formula is C19H20ClO2P. The number of benzene rings is 2. The highest BCUT2D eigenvalue weighted by Gasteiger charge is 2.43. The summed E-state index contributed by atoms with van der Waals surface area (Å²) in [5.74, 6) is 0.0283. The SMILES string of the molecule is Cc1cccc(Cl)c1C(=O)C(CC(C)C)(P=O)c1ccccc1. The topological polar surface area (TPSA) is 34.1 Å². The summed E-state index contributed by atoms with van der Waals surface area (Å²) in [7, 11) is -0.205. The number of halogens is 1. The number of carbonyl (C=O) groups is 1. The average molecular weight is 347 g/mol. The number of rotatable bonds is 6. The molecule has 2 aromatic rings. The van der Waals surface area contributed by atoms with Gasteiger partial charge < -0.3 is 0 Å². The van der Waals surface area contributed by atoms with E-state index in [4.69, 9.17) is 11.6 Å². The smallest absolute Gasteiger partial charge is 0.186 e. The summed E-state index contributed by atoms with van der Waals surface area (Å²) in [5, 5.41) is -0.701. The minimum absolute atomic E-state index is 0.183. The van der Waals surface area contributed by atoms with Gasteiger partial charge in [-0.3, -0.25) is 9.36 Å². The standard InChI is InChI=1S/C19H20ClO2P/c1-13(2)12-19(23-22,15-9-5-4-6-10-15)18(21)17-14(3)8-7-11-16(17)20/h4-11,13H,12H2,1-3H3. The van der Waals surface area contributed by atoms with Gasteiger partial charge in [0.05, 0.1) is 5.02 Å². The second kappa shape index (κ2) is 7.38. The number of hydrogen-bond acceptors (Lipinski definition) is 2. The van der Waals surface area contributed by atoms with Crippen molar-refractivity contribution in [1.82, 2.24) is 0 Å². The molecule has 0 saturated heterocycles. The Bertz CT molecular complexity index is 692. The Morgan fingerprint density at radius 1 is 1.13 bits per heavy atom. The maximum Gasteiger partial charge on any atom is 0.186 e. The molecule has 0 bridgehead atoms. The second-order valence-electron chi connectivity index (χ2n) is 6.18. The van der Waals surface area contributed by atoms with Crippen LogP contribution in [-0.2, 0) is 9.72 Å². The minimum Gasteiger partial charge on any atom is -0.292 e. The first-order valence-corrected chi connectivity index (χ1v) is 8.81. The van der Waals surface area contributed by atoms with Crippen LogP contribution >= 0.6 is 20.1 Å². The minimum atomic E-state index is -1.11. The molecule has 2 nitrogen and oxygen atoms in total. The van der Waals surface area contributed by atoms with Crippen LogP contribution in [0, 0.1) is 12.8 Å². The van der Waals surface area contributed by atoms with Gasteiger partial charge in [0.25, 0.3) is 0 Å². The third kappa shape index (κ3) is 3.54. The van der Waals surface area contributed by atoms with Gasteiger partial charge in [-0.15, -0.1) is 0 Å². The fraction of sp³-hybridized carbons (Fsp3) is 0.316. The van der Waals surface area contributed by atoms with E-state index in [0.717, 1.165) is 11.1 Å². The Kier molecular flexibility index (Phi) is 5.73. The molecule has 0 aliphatic carbocycles. The fourth-order valence-corrected chi connectivity index (χ4v) is 4.10. The molecule has 0 saturated carbocycles. The zero-order valence-corrected chi connectivity index (χ0v) is 15.2. The Balaban J connectivity index is 2.67. The molecule has 2 rings (SSSR count). The molecule has 0 N–H and O–H groups in total. The fourth-order valence-electron chi connectivity index (χ4n) is 2.90. The van der Waals surface area contributed by atoms with E-state index in [1.54, 1.807) is 6.07 Å². The molecule has 0 heterocycles. The lowest BCUT2D eigenvalue weighted by molar-refractivity contribution is 0.0924. The highest BCUT2D eigenvalue weighted by Crippen LogP contribution is 2.45. The normalized spacial score (nSPS) is 14.0. The highest BCUT2D eigenvalue weighted by molar-refractivity contribution is 7.27. The lowest BCUT2D eigenvalue weighted by Gasteiger charge is -2.29. The van der Waals surface area contributed by atoms with E-state index in [-0.39, 0.29) is 20.2 Å². The Morgan fingerprint density at radius 3 is 2.30 bits per heavy atom. The van der Waals surface area contributed by atoms with Gasteiger partial charge in [0, 0.05) is 5.56 Å². The van der Waals surface area contributed by atoms with Gasteiger partial charge in [-0.2, -0.15) is 0 Å². The quantitative estimate of drug-likeness (QED) is 0.470. The van der Waals surface area contributed by atoms with Crippen molar-refractivity contribution in [3.8, 4) is 0 Å². The molecule has 1 atom stereocenters. The van der Waals surface area contributed by atoms with Crippen molar-refractivity contribution in [3.63, 3.8) is 0 Å². The highest BCUT2D eigenvalue weighted by atomic mass is 35.5. The first-order chi connectivity index (χ1) is 10.9. The summed E-state index contributed by atoms with van der Waals surface area (Å²) in [5.41, 5.74) is 2.02. The lowest BCUT2D eigenvalue weighted by atomic mass is 9.82. The summed E-state index contributed by atoms with van der Waals surface area (Å²) >= 11 is 6.29. The van der Waals surface area contributed by atoms with Crippen molar-refractivity contribution in [2.45, 2.75) is 32.3 Å². The van der Waals surface area contributed by atoms with Crippen molar-refractivity contribution in [2.75, 3.05) is 0 Å². The predicted octanol–water partition coefficient (Wildman–Crippen LogP) is 6.06. The molecule has 0 spiro atoms. The van der Waals surface area contributed by atoms with Crippen LogP contribution < -0.4 is 0 Å². The lowest BCUT2D eigenvalue weighted by Crippen LogP contribution is -2.32. The zero-order valence-electron chi connectivity index (χ0n) is 13.5. The molecule has 0 aromatic heterocycles. The van der Waals surface area contributed by atoms with E-state index in [1.807, 2.05) is 63.2 Å². The largest absolute Gasteiger partial charge is 0.292 e. The summed E-state index contributed by atoms with van der Waals surface area (Å²) < 4.78 is 12.2. The molecular weight excluding hydrogens is 327 g/mol. The number of Topliss-reactive ketones (excluding diaryl/α,β-unsaturated/α-hetero) is 1. The third-order valence-corrected chi connectivity index (χ3v) is 5.21. The monoisotopic (exact) mass is 346 g/mol. The summed E-state index contributed by atoms with van der Waals surface area (Å²) in [6, 6.07) is 14.7. The second-order valence-corrected chi connectivity index (χ2v) is 7.53. The zero-order chi connectivity index (χ0) is 17.0. The van der Waals surface area contributed by atoms with Gasteiger partial charge in [-0.1, -0.05) is 67.9 Å². The van der Waals surface area contributed by atoms with E-state index in [0.29, 0.717) is 17.0 Å². The molecule has 0 fully saturated rings.